The zero-order chi connectivity index (χ0) is 15.7. The first-order valence-corrected chi connectivity index (χ1v) is 7.57. The fourth-order valence-corrected chi connectivity index (χ4v) is 2.91. The molecule has 2 aliphatic carbocycles. The summed E-state index contributed by atoms with van der Waals surface area (Å²) in [6, 6.07) is 0. The molecule has 6 heteroatoms. The average Bonchev–Trinajstić information content (AvgIpc) is 3.21. The molecule has 0 aromatic heterocycles. The van der Waals surface area contributed by atoms with E-state index in [-0.39, 0.29) is 25.0 Å². The van der Waals surface area contributed by atoms with Crippen molar-refractivity contribution in [3.63, 3.8) is 0 Å². The molecule has 0 aliphatic heterocycles. The topological polar surface area (TPSA) is 84.9 Å². The summed E-state index contributed by atoms with van der Waals surface area (Å²) in [7, 11) is 0. The number of nitrogens with one attached hydrogen (secondary N) is 1. The zero-order valence-electron chi connectivity index (χ0n) is 13.0. The molecule has 0 heterocycles. The number of aliphatic carboxylic acids is 1. The summed E-state index contributed by atoms with van der Waals surface area (Å²) in [6.07, 6.45) is 2.44. The Morgan fingerprint density at radius 3 is 2.48 bits per heavy atom. The van der Waals surface area contributed by atoms with Gasteiger partial charge < -0.3 is 19.9 Å². The van der Waals surface area contributed by atoms with E-state index >= 15 is 0 Å². The molecule has 21 heavy (non-hydrogen) atoms. The van der Waals surface area contributed by atoms with Crippen molar-refractivity contribution in [2.75, 3.05) is 19.8 Å². The Hall–Kier alpha value is -1.14. The van der Waals surface area contributed by atoms with Gasteiger partial charge in [-0.1, -0.05) is 13.8 Å². The highest BCUT2D eigenvalue weighted by molar-refractivity contribution is 5.89. The number of carboxylic acids is 1. The lowest BCUT2D eigenvalue weighted by atomic mass is 9.54. The standard InChI is InChI=1S/C15H25NO5/c1-4-21-11-7-15(13(18)19,14(11,2)3)16-12(17)9-20-8-10-5-6-10/h10-11H,4-9H2,1-3H3,(H,16,17)(H,18,19). The molecular weight excluding hydrogens is 274 g/mol. The maximum atomic E-state index is 12.0. The van der Waals surface area contributed by atoms with Crippen LogP contribution in [0.2, 0.25) is 0 Å². The molecule has 120 valence electrons. The first kappa shape index (κ1) is 16.2. The van der Waals surface area contributed by atoms with E-state index in [1.807, 2.05) is 20.8 Å². The molecule has 0 bridgehead atoms. The Kier molecular flexibility index (Phi) is 4.58. The molecule has 6 nitrogen and oxygen atoms in total. The molecular formula is C15H25NO5. The van der Waals surface area contributed by atoms with Crippen molar-refractivity contribution < 1.29 is 24.2 Å². The van der Waals surface area contributed by atoms with E-state index in [1.165, 1.54) is 0 Å². The summed E-state index contributed by atoms with van der Waals surface area (Å²) in [4.78, 5) is 23.7. The van der Waals surface area contributed by atoms with Crippen LogP contribution in [-0.2, 0) is 19.1 Å². The monoisotopic (exact) mass is 299 g/mol. The predicted octanol–water partition coefficient (Wildman–Crippen LogP) is 1.19. The molecule has 1 amide bonds. The third-order valence-electron chi connectivity index (χ3n) is 4.77. The maximum absolute atomic E-state index is 12.0. The van der Waals surface area contributed by atoms with Crippen LogP contribution in [0, 0.1) is 11.3 Å². The molecule has 2 saturated carbocycles. The third-order valence-corrected chi connectivity index (χ3v) is 4.77. The number of rotatable bonds is 8. The highest BCUT2D eigenvalue weighted by Gasteiger charge is 2.66. The van der Waals surface area contributed by atoms with Gasteiger partial charge in [0.15, 0.2) is 0 Å². The number of amides is 1. The second-order valence-corrected chi connectivity index (χ2v) is 6.59. The van der Waals surface area contributed by atoms with Crippen LogP contribution >= 0.6 is 0 Å². The van der Waals surface area contributed by atoms with Gasteiger partial charge in [0.25, 0.3) is 0 Å². The van der Waals surface area contributed by atoms with E-state index in [4.69, 9.17) is 9.47 Å². The van der Waals surface area contributed by atoms with Crippen molar-refractivity contribution >= 4 is 11.9 Å². The van der Waals surface area contributed by atoms with E-state index in [2.05, 4.69) is 5.32 Å². The smallest absolute Gasteiger partial charge is 0.330 e. The van der Waals surface area contributed by atoms with Crippen LogP contribution in [-0.4, -0.2) is 48.4 Å². The van der Waals surface area contributed by atoms with E-state index < -0.39 is 16.9 Å². The van der Waals surface area contributed by atoms with Gasteiger partial charge in [0.1, 0.15) is 12.1 Å². The Morgan fingerprint density at radius 2 is 2.00 bits per heavy atom. The van der Waals surface area contributed by atoms with E-state index in [1.54, 1.807) is 0 Å². The van der Waals surface area contributed by atoms with Crippen molar-refractivity contribution in [3.8, 4) is 0 Å². The summed E-state index contributed by atoms with van der Waals surface area (Å²) >= 11 is 0. The van der Waals surface area contributed by atoms with Gasteiger partial charge in [-0.05, 0) is 25.7 Å². The average molecular weight is 299 g/mol. The van der Waals surface area contributed by atoms with Gasteiger partial charge in [-0.2, -0.15) is 0 Å². The Labute approximate surface area is 125 Å². The predicted molar refractivity (Wildman–Crippen MR) is 75.9 cm³/mol. The van der Waals surface area contributed by atoms with Gasteiger partial charge in [0.2, 0.25) is 5.91 Å². The number of carboxylic acid groups (broad SMARTS) is 1. The zero-order valence-corrected chi connectivity index (χ0v) is 13.0. The van der Waals surface area contributed by atoms with Gasteiger partial charge in [-0.25, -0.2) is 4.79 Å². The van der Waals surface area contributed by atoms with Gasteiger partial charge in [-0.3, -0.25) is 4.79 Å². The molecule has 0 saturated heterocycles. The summed E-state index contributed by atoms with van der Waals surface area (Å²) in [5.41, 5.74) is -1.92. The lowest BCUT2D eigenvalue weighted by molar-refractivity contribution is -0.195. The summed E-state index contributed by atoms with van der Waals surface area (Å²) in [5, 5.41) is 12.2. The number of hydrogen-bond acceptors (Lipinski definition) is 4. The van der Waals surface area contributed by atoms with Crippen molar-refractivity contribution in [2.45, 2.75) is 51.7 Å². The quantitative estimate of drug-likeness (QED) is 0.703. The van der Waals surface area contributed by atoms with Crippen LogP contribution in [0.15, 0.2) is 0 Å². The molecule has 2 atom stereocenters. The van der Waals surface area contributed by atoms with Crippen LogP contribution in [0.3, 0.4) is 0 Å². The van der Waals surface area contributed by atoms with Crippen molar-refractivity contribution in [1.82, 2.24) is 5.32 Å². The molecule has 0 aromatic carbocycles. The van der Waals surface area contributed by atoms with Gasteiger partial charge in [0.05, 0.1) is 12.7 Å². The largest absolute Gasteiger partial charge is 0.479 e. The lowest BCUT2D eigenvalue weighted by Gasteiger charge is -2.58. The van der Waals surface area contributed by atoms with Gasteiger partial charge in [-0.15, -0.1) is 0 Å². The summed E-state index contributed by atoms with van der Waals surface area (Å²) < 4.78 is 10.9. The fraction of sp³-hybridized carbons (Fsp3) is 0.867. The van der Waals surface area contributed by atoms with Crippen LogP contribution < -0.4 is 5.32 Å². The van der Waals surface area contributed by atoms with E-state index in [0.29, 0.717) is 19.1 Å². The van der Waals surface area contributed by atoms with Gasteiger partial charge >= 0.3 is 5.97 Å². The maximum Gasteiger partial charge on any atom is 0.330 e. The van der Waals surface area contributed by atoms with Crippen LogP contribution in [0.5, 0.6) is 0 Å². The number of hydrogen-bond donors (Lipinski definition) is 2. The van der Waals surface area contributed by atoms with Crippen molar-refractivity contribution in [3.05, 3.63) is 0 Å². The Balaban J connectivity index is 1.92. The Morgan fingerprint density at radius 1 is 1.33 bits per heavy atom. The van der Waals surface area contributed by atoms with Crippen molar-refractivity contribution in [1.29, 1.82) is 0 Å². The summed E-state index contributed by atoms with van der Waals surface area (Å²) in [5.74, 6) is -0.811. The third kappa shape index (κ3) is 3.06. The molecule has 0 aromatic rings. The molecule has 2 aliphatic rings. The number of carbonyl (C=O) groups excluding carboxylic acids is 1. The highest BCUT2D eigenvalue weighted by atomic mass is 16.5. The van der Waals surface area contributed by atoms with Crippen molar-refractivity contribution in [2.24, 2.45) is 11.3 Å². The molecule has 2 N–H and O–H groups in total. The molecule has 2 unspecified atom stereocenters. The van der Waals surface area contributed by atoms with Crippen LogP contribution in [0.25, 0.3) is 0 Å². The minimum atomic E-state index is -1.27. The highest BCUT2D eigenvalue weighted by Crippen LogP contribution is 2.51. The molecule has 0 spiro atoms. The minimum absolute atomic E-state index is 0.0824. The molecule has 2 rings (SSSR count). The number of carbonyl (C=O) groups is 2. The SMILES string of the molecule is CCOC1CC(NC(=O)COCC2CC2)(C(=O)O)C1(C)C. The summed E-state index contributed by atoms with van der Waals surface area (Å²) in [6.45, 7) is 6.54. The second-order valence-electron chi connectivity index (χ2n) is 6.59. The van der Waals surface area contributed by atoms with E-state index in [0.717, 1.165) is 12.8 Å². The van der Waals surface area contributed by atoms with E-state index in [9.17, 15) is 14.7 Å². The number of ether oxygens (including phenoxy) is 2. The lowest BCUT2D eigenvalue weighted by Crippen LogP contribution is -2.76. The Bertz CT molecular complexity index is 418. The first-order chi connectivity index (χ1) is 9.83. The normalized spacial score (nSPS) is 30.5. The second kappa shape index (κ2) is 5.93. The first-order valence-electron chi connectivity index (χ1n) is 7.57. The fourth-order valence-electron chi connectivity index (χ4n) is 2.91. The minimum Gasteiger partial charge on any atom is -0.479 e. The molecule has 2 fully saturated rings. The van der Waals surface area contributed by atoms with Crippen LogP contribution in [0.4, 0.5) is 0 Å². The van der Waals surface area contributed by atoms with Crippen LogP contribution in [0.1, 0.15) is 40.0 Å². The molecule has 0 radical (unpaired) electrons. The van der Waals surface area contributed by atoms with Gasteiger partial charge in [0, 0.05) is 18.4 Å².